The zero-order valence-corrected chi connectivity index (χ0v) is 16.1. The first-order valence-electron chi connectivity index (χ1n) is 9.77. The molecule has 2 aliphatic rings. The Hall–Kier alpha value is -2.87. The lowest BCUT2D eigenvalue weighted by molar-refractivity contribution is 0.0920. The zero-order chi connectivity index (χ0) is 19.7. The Morgan fingerprint density at radius 3 is 2.64 bits per heavy atom. The maximum atomic E-state index is 12.7. The minimum absolute atomic E-state index is 0.0808. The first-order valence-corrected chi connectivity index (χ1v) is 9.77. The van der Waals surface area contributed by atoms with Crippen LogP contribution in [0.2, 0.25) is 0 Å². The van der Waals surface area contributed by atoms with E-state index in [1.165, 1.54) is 23.4 Å². The summed E-state index contributed by atoms with van der Waals surface area (Å²) < 4.78 is 0. The Kier molecular flexibility index (Phi) is 5.04. The van der Waals surface area contributed by atoms with Gasteiger partial charge in [-0.2, -0.15) is 0 Å². The van der Waals surface area contributed by atoms with Crippen LogP contribution in [-0.4, -0.2) is 52.9 Å². The normalized spacial score (nSPS) is 18.4. The second-order valence-electron chi connectivity index (χ2n) is 7.73. The Bertz CT molecular complexity index is 899. The highest BCUT2D eigenvalue weighted by Crippen LogP contribution is 2.40. The van der Waals surface area contributed by atoms with Crippen LogP contribution in [0.5, 0.6) is 0 Å². The monoisotopic (exact) mass is 381 g/mol. The summed E-state index contributed by atoms with van der Waals surface area (Å²) >= 11 is 0. The average Bonchev–Trinajstić information content (AvgIpc) is 3.54. The van der Waals surface area contributed by atoms with Crippen LogP contribution in [0, 0.1) is 0 Å². The summed E-state index contributed by atoms with van der Waals surface area (Å²) in [4.78, 5) is 19.2. The summed E-state index contributed by atoms with van der Waals surface area (Å²) in [5.74, 6) is 12.3. The van der Waals surface area contributed by atoms with Crippen LogP contribution < -0.4 is 17.0 Å². The predicted molar refractivity (Wildman–Crippen MR) is 109 cm³/mol. The van der Waals surface area contributed by atoms with E-state index >= 15 is 0 Å². The highest BCUT2D eigenvalue weighted by Gasteiger charge is 2.25. The number of hydrazone groups is 1. The van der Waals surface area contributed by atoms with Crippen LogP contribution in [0.3, 0.4) is 0 Å². The average molecular weight is 381 g/mol. The number of rotatable bonds is 3. The Labute approximate surface area is 164 Å². The van der Waals surface area contributed by atoms with Gasteiger partial charge < -0.3 is 16.1 Å². The molecule has 0 atom stereocenters. The number of guanidine groups is 1. The molecule has 2 aromatic rings. The van der Waals surface area contributed by atoms with Crippen molar-refractivity contribution >= 4 is 22.8 Å². The number of hydrazine groups is 1. The molecule has 2 heterocycles. The van der Waals surface area contributed by atoms with Gasteiger partial charge >= 0.3 is 0 Å². The van der Waals surface area contributed by atoms with Gasteiger partial charge in [-0.15, -0.1) is 5.10 Å². The molecule has 1 saturated carbocycles. The van der Waals surface area contributed by atoms with Gasteiger partial charge in [0.1, 0.15) is 0 Å². The lowest BCUT2D eigenvalue weighted by Gasteiger charge is -2.35. The van der Waals surface area contributed by atoms with Crippen LogP contribution in [0.25, 0.3) is 10.9 Å². The fraction of sp³-hybridized carbons (Fsp3) is 0.450. The number of carbonyl (C=O) groups is 1. The summed E-state index contributed by atoms with van der Waals surface area (Å²) in [7, 11) is 1.71. The first kappa shape index (κ1) is 18.5. The molecule has 1 aromatic heterocycles. The summed E-state index contributed by atoms with van der Waals surface area (Å²) in [5.41, 5.74) is 2.90. The molecule has 0 unspecified atom stereocenters. The van der Waals surface area contributed by atoms with E-state index in [9.17, 15) is 4.79 Å². The van der Waals surface area contributed by atoms with Gasteiger partial charge in [0, 0.05) is 37.8 Å². The predicted octanol–water partition coefficient (Wildman–Crippen LogP) is 1.34. The van der Waals surface area contributed by atoms with Gasteiger partial charge in [-0.1, -0.05) is 12.1 Å². The maximum Gasteiger partial charge on any atom is 0.253 e. The molecule has 28 heavy (non-hydrogen) atoms. The summed E-state index contributed by atoms with van der Waals surface area (Å²) in [5, 5.41) is 9.28. The number of likely N-dealkylation sites (tertiary alicyclic amines) is 1. The van der Waals surface area contributed by atoms with Gasteiger partial charge in [-0.3, -0.25) is 14.8 Å². The zero-order valence-electron chi connectivity index (χ0n) is 16.1. The van der Waals surface area contributed by atoms with E-state index in [2.05, 4.69) is 33.6 Å². The molecule has 1 saturated heterocycles. The quantitative estimate of drug-likeness (QED) is 0.320. The number of carbonyl (C=O) groups excluding carboxylic acids is 1. The van der Waals surface area contributed by atoms with Crippen molar-refractivity contribution in [2.75, 3.05) is 20.1 Å². The summed E-state index contributed by atoms with van der Waals surface area (Å²) in [6.07, 6.45) is 5.83. The van der Waals surface area contributed by atoms with Crippen molar-refractivity contribution in [2.45, 2.75) is 37.6 Å². The molecule has 0 spiro atoms. The highest BCUT2D eigenvalue weighted by molar-refractivity contribution is 5.97. The van der Waals surface area contributed by atoms with E-state index < -0.39 is 0 Å². The molecule has 148 valence electrons. The largest absolute Gasteiger partial charge is 0.349 e. The molecule has 8 nitrogen and oxygen atoms in total. The third-order valence-corrected chi connectivity index (χ3v) is 5.56. The Balaban J connectivity index is 1.38. The number of nitrogens with zero attached hydrogens (tertiary/aromatic N) is 4. The van der Waals surface area contributed by atoms with Crippen molar-refractivity contribution < 1.29 is 4.79 Å². The van der Waals surface area contributed by atoms with E-state index in [0.717, 1.165) is 36.8 Å². The fourth-order valence-corrected chi connectivity index (χ4v) is 3.82. The third kappa shape index (κ3) is 3.87. The SMILES string of the molecule is CN(N)/C(=N\N)N1CCC(NC(=O)c2cnc3cc(C4CC4)ccc3c2)CC1. The number of nitrogens with two attached hydrogens (primary N) is 2. The number of hydrogen-bond donors (Lipinski definition) is 3. The summed E-state index contributed by atoms with van der Waals surface area (Å²) in [6, 6.07) is 8.41. The smallest absolute Gasteiger partial charge is 0.253 e. The van der Waals surface area contributed by atoms with Crippen LogP contribution in [0.15, 0.2) is 35.6 Å². The van der Waals surface area contributed by atoms with Gasteiger partial charge in [0.25, 0.3) is 5.91 Å². The summed E-state index contributed by atoms with van der Waals surface area (Å²) in [6.45, 7) is 1.48. The maximum absolute atomic E-state index is 12.7. The Morgan fingerprint density at radius 1 is 1.25 bits per heavy atom. The molecular weight excluding hydrogens is 354 g/mol. The number of fused-ring (bicyclic) bond motifs is 1. The number of amides is 1. The van der Waals surface area contributed by atoms with E-state index in [-0.39, 0.29) is 11.9 Å². The Morgan fingerprint density at radius 2 is 2.00 bits per heavy atom. The van der Waals surface area contributed by atoms with Crippen LogP contribution >= 0.6 is 0 Å². The van der Waals surface area contributed by atoms with Crippen molar-refractivity contribution in [2.24, 2.45) is 16.8 Å². The van der Waals surface area contributed by atoms with Crippen molar-refractivity contribution in [1.82, 2.24) is 20.2 Å². The van der Waals surface area contributed by atoms with Crippen LogP contribution in [-0.2, 0) is 0 Å². The van der Waals surface area contributed by atoms with Gasteiger partial charge in [0.2, 0.25) is 5.96 Å². The molecule has 2 fully saturated rings. The molecule has 8 heteroatoms. The number of hydrogen-bond acceptors (Lipinski definition) is 5. The van der Waals surface area contributed by atoms with Crippen molar-refractivity contribution in [3.05, 3.63) is 41.6 Å². The van der Waals surface area contributed by atoms with E-state index in [0.29, 0.717) is 17.4 Å². The van der Waals surface area contributed by atoms with Crippen LogP contribution in [0.4, 0.5) is 0 Å². The number of benzene rings is 1. The molecule has 5 N–H and O–H groups in total. The van der Waals surface area contributed by atoms with Gasteiger partial charge in [0.05, 0.1) is 11.1 Å². The molecule has 1 aromatic carbocycles. The minimum atomic E-state index is -0.0808. The number of nitrogens with one attached hydrogen (secondary N) is 1. The fourth-order valence-electron chi connectivity index (χ4n) is 3.82. The van der Waals surface area contributed by atoms with Gasteiger partial charge in [0.15, 0.2) is 0 Å². The van der Waals surface area contributed by atoms with E-state index in [1.807, 2.05) is 11.0 Å². The standard InChI is InChI=1S/C20H27N7O/c1-26(22)20(25-21)27-8-6-17(7-9-27)24-19(28)16-10-15-5-4-14(13-2-3-13)11-18(15)23-12-16/h4-5,10-13,17H,2-3,6-9,21-22H2,1H3,(H,24,28)/b25-20+. The molecule has 0 radical (unpaired) electrons. The number of piperidine rings is 1. The molecule has 1 amide bonds. The van der Waals surface area contributed by atoms with Crippen molar-refractivity contribution in [3.63, 3.8) is 0 Å². The first-order chi connectivity index (χ1) is 13.5. The molecule has 1 aliphatic carbocycles. The molecule has 4 rings (SSSR count). The van der Waals surface area contributed by atoms with E-state index in [1.54, 1.807) is 13.2 Å². The number of pyridine rings is 1. The lowest BCUT2D eigenvalue weighted by Crippen LogP contribution is -2.52. The van der Waals surface area contributed by atoms with E-state index in [4.69, 9.17) is 11.7 Å². The van der Waals surface area contributed by atoms with Gasteiger partial charge in [-0.05, 0) is 49.3 Å². The topological polar surface area (TPSA) is 113 Å². The second-order valence-corrected chi connectivity index (χ2v) is 7.73. The van der Waals surface area contributed by atoms with Gasteiger partial charge in [-0.25, -0.2) is 5.84 Å². The van der Waals surface area contributed by atoms with Crippen LogP contribution in [0.1, 0.15) is 47.5 Å². The number of aromatic nitrogens is 1. The third-order valence-electron chi connectivity index (χ3n) is 5.56. The molecule has 1 aliphatic heterocycles. The van der Waals surface area contributed by atoms with Crippen molar-refractivity contribution in [3.8, 4) is 0 Å². The van der Waals surface area contributed by atoms with Crippen molar-refractivity contribution in [1.29, 1.82) is 0 Å². The second kappa shape index (κ2) is 7.63. The molecule has 0 bridgehead atoms. The minimum Gasteiger partial charge on any atom is -0.349 e. The molecular formula is C20H27N7O. The lowest BCUT2D eigenvalue weighted by atomic mass is 10.0. The highest BCUT2D eigenvalue weighted by atomic mass is 16.1.